The maximum atomic E-state index is 12.5. The molecule has 4 atom stereocenters. The molecule has 0 aromatic carbocycles. The summed E-state index contributed by atoms with van der Waals surface area (Å²) in [4.78, 5) is 25.0. The van der Waals surface area contributed by atoms with E-state index in [1.54, 1.807) is 0 Å². The molecule has 0 N–H and O–H groups in total. The number of nitrogens with zero attached hydrogens (tertiary/aromatic N) is 2. The highest BCUT2D eigenvalue weighted by atomic mass is 16.2. The van der Waals surface area contributed by atoms with Gasteiger partial charge in [0.25, 0.3) is 0 Å². The minimum atomic E-state index is -0.0468. The Labute approximate surface area is 107 Å². The van der Waals surface area contributed by atoms with Gasteiger partial charge in [0.2, 0.25) is 11.8 Å². The average molecular weight is 246 g/mol. The minimum absolute atomic E-state index is 0.0468. The fourth-order valence-corrected chi connectivity index (χ4v) is 4.24. The summed E-state index contributed by atoms with van der Waals surface area (Å²) in [5.41, 5.74) is 0. The van der Waals surface area contributed by atoms with Gasteiger partial charge >= 0.3 is 0 Å². The van der Waals surface area contributed by atoms with E-state index < -0.39 is 0 Å². The molecule has 4 nitrogen and oxygen atoms in total. The van der Waals surface area contributed by atoms with Gasteiger partial charge in [-0.1, -0.05) is 18.6 Å². The molecule has 0 radical (unpaired) electrons. The first-order valence-electron chi connectivity index (χ1n) is 7.08. The Hall–Kier alpha value is -1.16. The number of hydrogen-bond donors (Lipinski definition) is 0. The van der Waals surface area contributed by atoms with Crippen molar-refractivity contribution >= 4 is 11.8 Å². The van der Waals surface area contributed by atoms with Crippen LogP contribution in [0.5, 0.6) is 0 Å². The monoisotopic (exact) mass is 246 g/mol. The molecular weight excluding hydrogens is 228 g/mol. The summed E-state index contributed by atoms with van der Waals surface area (Å²) >= 11 is 0. The fraction of sp³-hybridized carbons (Fsp3) is 0.714. The largest absolute Gasteiger partial charge is 0.273 e. The maximum absolute atomic E-state index is 12.5. The first-order valence-corrected chi connectivity index (χ1v) is 7.08. The van der Waals surface area contributed by atoms with E-state index in [1.165, 1.54) is 11.4 Å². The molecule has 2 aliphatic heterocycles. The summed E-state index contributed by atoms with van der Waals surface area (Å²) in [7, 11) is 0. The normalized spacial score (nSPS) is 43.0. The highest BCUT2D eigenvalue weighted by molar-refractivity contribution is 6.05. The van der Waals surface area contributed by atoms with Crippen LogP contribution in [0, 0.1) is 23.7 Å². The molecule has 4 aliphatic rings. The third-order valence-corrected chi connectivity index (χ3v) is 5.06. The van der Waals surface area contributed by atoms with Gasteiger partial charge in [-0.25, -0.2) is 10.0 Å². The number of piperidine rings is 1. The molecule has 96 valence electrons. The molecule has 2 amide bonds. The van der Waals surface area contributed by atoms with E-state index >= 15 is 0 Å². The standard InChI is InChI=1S/C14H18N2O2/c17-13-11-9-4-5-10(8-9)12(11)14(18)16(13)15-6-2-1-3-7-15/h4-5,9-12H,1-3,6-8H2/t9-,10+,11-,12+. The smallest absolute Gasteiger partial charge is 0.248 e. The second-order valence-electron chi connectivity index (χ2n) is 6.00. The van der Waals surface area contributed by atoms with Crippen LogP contribution in [-0.2, 0) is 9.59 Å². The molecule has 1 saturated carbocycles. The van der Waals surface area contributed by atoms with Gasteiger partial charge in [-0.2, -0.15) is 0 Å². The number of allylic oxidation sites excluding steroid dienone is 2. The Morgan fingerprint density at radius 2 is 1.44 bits per heavy atom. The molecule has 2 bridgehead atoms. The molecule has 4 heteroatoms. The van der Waals surface area contributed by atoms with Crippen molar-refractivity contribution < 1.29 is 9.59 Å². The molecule has 0 spiro atoms. The van der Waals surface area contributed by atoms with E-state index in [9.17, 15) is 9.59 Å². The van der Waals surface area contributed by atoms with E-state index in [1.807, 2.05) is 5.01 Å². The lowest BCUT2D eigenvalue weighted by Crippen LogP contribution is -2.49. The van der Waals surface area contributed by atoms with Crippen LogP contribution in [0.4, 0.5) is 0 Å². The van der Waals surface area contributed by atoms with Crippen LogP contribution in [0.25, 0.3) is 0 Å². The van der Waals surface area contributed by atoms with E-state index in [-0.39, 0.29) is 23.7 Å². The van der Waals surface area contributed by atoms with Gasteiger partial charge in [0.15, 0.2) is 0 Å². The molecule has 3 fully saturated rings. The molecule has 4 rings (SSSR count). The molecule has 2 heterocycles. The number of fused-ring (bicyclic) bond motifs is 5. The van der Waals surface area contributed by atoms with Crippen LogP contribution < -0.4 is 0 Å². The van der Waals surface area contributed by atoms with Crippen LogP contribution in [0.3, 0.4) is 0 Å². The van der Waals surface area contributed by atoms with Gasteiger partial charge in [0.1, 0.15) is 0 Å². The summed E-state index contributed by atoms with van der Waals surface area (Å²) < 4.78 is 0. The zero-order valence-corrected chi connectivity index (χ0v) is 10.4. The summed E-state index contributed by atoms with van der Waals surface area (Å²) in [6.07, 6.45) is 8.72. The van der Waals surface area contributed by atoms with Gasteiger partial charge in [-0.05, 0) is 31.1 Å². The quantitative estimate of drug-likeness (QED) is 0.515. The van der Waals surface area contributed by atoms with Gasteiger partial charge in [0, 0.05) is 13.1 Å². The number of carbonyl (C=O) groups is 2. The predicted molar refractivity (Wildman–Crippen MR) is 65.0 cm³/mol. The van der Waals surface area contributed by atoms with Crippen molar-refractivity contribution in [2.24, 2.45) is 23.7 Å². The Bertz CT molecular complexity index is 409. The molecule has 0 unspecified atom stereocenters. The van der Waals surface area contributed by atoms with E-state index in [0.29, 0.717) is 11.8 Å². The fourth-order valence-electron chi connectivity index (χ4n) is 4.24. The lowest BCUT2D eigenvalue weighted by atomic mass is 9.85. The topological polar surface area (TPSA) is 40.6 Å². The Morgan fingerprint density at radius 1 is 0.889 bits per heavy atom. The summed E-state index contributed by atoms with van der Waals surface area (Å²) in [5.74, 6) is 0.703. The molecular formula is C14H18N2O2. The third kappa shape index (κ3) is 1.24. The van der Waals surface area contributed by atoms with Gasteiger partial charge in [-0.15, -0.1) is 0 Å². The lowest BCUT2D eigenvalue weighted by molar-refractivity contribution is -0.161. The number of hydrogen-bond acceptors (Lipinski definition) is 3. The number of amides is 2. The van der Waals surface area contributed by atoms with Crippen molar-refractivity contribution in [3.8, 4) is 0 Å². The molecule has 2 saturated heterocycles. The first-order chi connectivity index (χ1) is 8.77. The average Bonchev–Trinajstić information content (AvgIpc) is 3.05. The van der Waals surface area contributed by atoms with Crippen LogP contribution in [-0.4, -0.2) is 34.9 Å². The zero-order valence-electron chi connectivity index (χ0n) is 10.4. The highest BCUT2D eigenvalue weighted by Gasteiger charge is 2.60. The van der Waals surface area contributed by atoms with Crippen LogP contribution >= 0.6 is 0 Å². The van der Waals surface area contributed by atoms with Crippen molar-refractivity contribution in [2.75, 3.05) is 13.1 Å². The SMILES string of the molecule is O=C1[C@@H]2[C@H](C(=O)N1N1CCCCC1)[C@@H]1C=C[C@H]2C1. The van der Waals surface area contributed by atoms with E-state index in [4.69, 9.17) is 0 Å². The molecule has 18 heavy (non-hydrogen) atoms. The van der Waals surface area contributed by atoms with E-state index in [0.717, 1.165) is 32.4 Å². The second-order valence-corrected chi connectivity index (χ2v) is 6.00. The lowest BCUT2D eigenvalue weighted by Gasteiger charge is -2.33. The zero-order chi connectivity index (χ0) is 12.3. The number of rotatable bonds is 1. The summed E-state index contributed by atoms with van der Waals surface area (Å²) in [6, 6.07) is 0. The van der Waals surface area contributed by atoms with Crippen LogP contribution in [0.1, 0.15) is 25.7 Å². The highest BCUT2D eigenvalue weighted by Crippen LogP contribution is 2.52. The number of carbonyl (C=O) groups excluding carboxylic acids is 2. The minimum Gasteiger partial charge on any atom is -0.273 e. The van der Waals surface area contributed by atoms with Crippen LogP contribution in [0.15, 0.2) is 12.2 Å². The number of imide groups is 1. The Morgan fingerprint density at radius 3 is 2.00 bits per heavy atom. The first kappa shape index (κ1) is 10.7. The van der Waals surface area contributed by atoms with Crippen molar-refractivity contribution in [2.45, 2.75) is 25.7 Å². The van der Waals surface area contributed by atoms with Gasteiger partial charge < -0.3 is 0 Å². The van der Waals surface area contributed by atoms with Crippen molar-refractivity contribution in [1.29, 1.82) is 0 Å². The van der Waals surface area contributed by atoms with Crippen molar-refractivity contribution in [3.05, 3.63) is 12.2 Å². The predicted octanol–water partition coefficient (Wildman–Crippen LogP) is 1.19. The van der Waals surface area contributed by atoms with Gasteiger partial charge in [0.05, 0.1) is 11.8 Å². The molecule has 2 aliphatic carbocycles. The second kappa shape index (κ2) is 3.67. The van der Waals surface area contributed by atoms with E-state index in [2.05, 4.69) is 12.2 Å². The van der Waals surface area contributed by atoms with Crippen molar-refractivity contribution in [1.82, 2.24) is 10.0 Å². The molecule has 0 aromatic heterocycles. The Kier molecular flexibility index (Phi) is 2.19. The van der Waals surface area contributed by atoms with Gasteiger partial charge in [-0.3, -0.25) is 9.59 Å². The third-order valence-electron chi connectivity index (χ3n) is 5.06. The Balaban J connectivity index is 1.63. The molecule has 0 aromatic rings. The summed E-state index contributed by atoms with van der Waals surface area (Å²) in [6.45, 7) is 1.72. The van der Waals surface area contributed by atoms with Crippen LogP contribution in [0.2, 0.25) is 0 Å². The summed E-state index contributed by atoms with van der Waals surface area (Å²) in [5, 5.41) is 3.49. The maximum Gasteiger partial charge on any atom is 0.248 e. The van der Waals surface area contributed by atoms with Crippen molar-refractivity contribution in [3.63, 3.8) is 0 Å². The number of hydrazine groups is 1.